The van der Waals surface area contributed by atoms with E-state index in [1.54, 1.807) is 32.9 Å². The minimum absolute atomic E-state index is 0.0227. The third kappa shape index (κ3) is 9.18. The van der Waals surface area contributed by atoms with E-state index in [4.69, 9.17) is 9.47 Å². The molecule has 0 aromatic rings. The second-order valence-electron chi connectivity index (χ2n) is 9.62. The average Bonchev–Trinajstić information content (AvgIpc) is 2.79. The average molecular weight is 490 g/mol. The van der Waals surface area contributed by atoms with Crippen LogP contribution >= 0.6 is 0 Å². The van der Waals surface area contributed by atoms with Gasteiger partial charge in [0.25, 0.3) is 0 Å². The minimum atomic E-state index is -0.915. The van der Waals surface area contributed by atoms with E-state index in [9.17, 15) is 24.3 Å². The van der Waals surface area contributed by atoms with Crippen molar-refractivity contribution in [3.63, 3.8) is 0 Å². The van der Waals surface area contributed by atoms with Gasteiger partial charge in [0, 0.05) is 44.3 Å². The highest BCUT2D eigenvalue weighted by atomic mass is 16.5. The number of aliphatic hydroxyl groups is 1. The number of amides is 2. The molecule has 194 valence electrons. The molecule has 0 bridgehead atoms. The van der Waals surface area contributed by atoms with Crippen LogP contribution in [0.2, 0.25) is 0 Å². The molecule has 2 aliphatic rings. The number of cyclic esters (lactones) is 1. The van der Waals surface area contributed by atoms with Crippen LogP contribution in [0.25, 0.3) is 0 Å². The smallest absolute Gasteiger partial charge is 0.331 e. The van der Waals surface area contributed by atoms with Gasteiger partial charge in [-0.3, -0.25) is 19.7 Å². The largest absolute Gasteiger partial charge is 0.454 e. The summed E-state index contributed by atoms with van der Waals surface area (Å²) in [5, 5.41) is 13.2. The summed E-state index contributed by atoms with van der Waals surface area (Å²) in [6.07, 6.45) is 10.1. The number of nitrogens with one attached hydrogen (secondary N) is 1. The van der Waals surface area contributed by atoms with Gasteiger partial charge in [-0.25, -0.2) is 4.79 Å². The van der Waals surface area contributed by atoms with E-state index in [0.29, 0.717) is 44.1 Å². The summed E-state index contributed by atoms with van der Waals surface area (Å²) in [7, 11) is 1.52. The Morgan fingerprint density at radius 3 is 2.54 bits per heavy atom. The summed E-state index contributed by atoms with van der Waals surface area (Å²) in [5.74, 6) is -1.89. The van der Waals surface area contributed by atoms with E-state index in [1.165, 1.54) is 13.2 Å². The van der Waals surface area contributed by atoms with Crippen molar-refractivity contribution in [2.24, 2.45) is 17.8 Å². The zero-order valence-electron chi connectivity index (χ0n) is 21.2. The third-order valence-electron chi connectivity index (χ3n) is 6.68. The van der Waals surface area contributed by atoms with E-state index >= 15 is 0 Å². The molecule has 1 saturated heterocycles. The molecule has 2 aliphatic heterocycles. The monoisotopic (exact) mass is 489 g/mol. The Kier molecular flexibility index (Phi) is 11.5. The molecule has 0 radical (unpaired) electrons. The number of imide groups is 1. The lowest BCUT2D eigenvalue weighted by atomic mass is 9.87. The summed E-state index contributed by atoms with van der Waals surface area (Å²) in [4.78, 5) is 48.2. The third-order valence-corrected chi connectivity index (χ3v) is 6.68. The maximum absolute atomic E-state index is 12.8. The van der Waals surface area contributed by atoms with Crippen LogP contribution in [0.1, 0.15) is 65.7 Å². The standard InChI is InChI=1S/C27H39NO7/c1-17(21(29)11-9-10-20-15-23(30)28-24(31)16-20)14-18(2)27-19(3)26(33)22(34-4)12-7-5-6-8-13-25(32)35-27/h7-8,12-14,17,19-20,22,26-27,33H,5-6,9-11,15-16H2,1-4H3,(H,28,30,31)/b12-7+,13-8+,18-14+/t17-,19-,22-,26-,27-/m0/s1. The van der Waals surface area contributed by atoms with Gasteiger partial charge in [0.2, 0.25) is 11.8 Å². The van der Waals surface area contributed by atoms with Crippen LogP contribution in [0.4, 0.5) is 0 Å². The second-order valence-corrected chi connectivity index (χ2v) is 9.62. The Balaban J connectivity index is 2.05. The minimum Gasteiger partial charge on any atom is -0.454 e. The van der Waals surface area contributed by atoms with Gasteiger partial charge in [-0.1, -0.05) is 38.2 Å². The fourth-order valence-corrected chi connectivity index (χ4v) is 4.62. The molecule has 1 fully saturated rings. The molecule has 8 heteroatoms. The van der Waals surface area contributed by atoms with Crippen LogP contribution in [-0.2, 0) is 28.7 Å². The highest BCUT2D eigenvalue weighted by Gasteiger charge is 2.33. The van der Waals surface area contributed by atoms with Gasteiger partial charge in [-0.05, 0) is 44.1 Å². The lowest BCUT2D eigenvalue weighted by Gasteiger charge is -2.31. The predicted octanol–water partition coefficient (Wildman–Crippen LogP) is 3.19. The van der Waals surface area contributed by atoms with Crippen molar-refractivity contribution in [3.8, 4) is 0 Å². The Morgan fingerprint density at radius 1 is 1.23 bits per heavy atom. The molecule has 0 aliphatic carbocycles. The number of carbonyl (C=O) groups excluding carboxylic acids is 4. The molecule has 2 rings (SSSR count). The summed E-state index contributed by atoms with van der Waals surface area (Å²) in [5.41, 5.74) is 0.685. The van der Waals surface area contributed by atoms with Crippen LogP contribution < -0.4 is 5.32 Å². The molecule has 8 nitrogen and oxygen atoms in total. The maximum atomic E-state index is 12.8. The Labute approximate surface area is 207 Å². The van der Waals surface area contributed by atoms with Crippen LogP contribution in [0, 0.1) is 17.8 Å². The van der Waals surface area contributed by atoms with Gasteiger partial charge < -0.3 is 14.6 Å². The second kappa shape index (κ2) is 14.1. The molecule has 2 heterocycles. The highest BCUT2D eigenvalue weighted by molar-refractivity contribution is 5.97. The molecular weight excluding hydrogens is 450 g/mol. The number of ketones is 1. The first-order valence-electron chi connectivity index (χ1n) is 12.4. The van der Waals surface area contributed by atoms with Crippen molar-refractivity contribution in [3.05, 3.63) is 36.0 Å². The molecule has 2 N–H and O–H groups in total. The summed E-state index contributed by atoms with van der Waals surface area (Å²) >= 11 is 0. The predicted molar refractivity (Wildman–Crippen MR) is 131 cm³/mol. The van der Waals surface area contributed by atoms with E-state index in [1.807, 2.05) is 12.2 Å². The zero-order valence-corrected chi connectivity index (χ0v) is 21.2. The number of Topliss-reactive ketones (excluding diaryl/α,β-unsaturated/α-hetero) is 1. The maximum Gasteiger partial charge on any atom is 0.331 e. The van der Waals surface area contributed by atoms with Crippen LogP contribution in [-0.4, -0.2) is 54.1 Å². The Morgan fingerprint density at radius 2 is 1.89 bits per heavy atom. The van der Waals surface area contributed by atoms with Crippen molar-refractivity contribution in [1.82, 2.24) is 5.32 Å². The van der Waals surface area contributed by atoms with Gasteiger partial charge in [0.15, 0.2) is 0 Å². The number of carbonyl (C=O) groups is 4. The molecule has 0 aromatic heterocycles. The lowest BCUT2D eigenvalue weighted by molar-refractivity contribution is -0.147. The topological polar surface area (TPSA) is 119 Å². The highest BCUT2D eigenvalue weighted by Crippen LogP contribution is 2.26. The first kappa shape index (κ1) is 28.7. The van der Waals surface area contributed by atoms with Crippen molar-refractivity contribution in [2.75, 3.05) is 7.11 Å². The van der Waals surface area contributed by atoms with Gasteiger partial charge in [0.05, 0.1) is 6.10 Å². The number of methoxy groups -OCH3 is 1. The van der Waals surface area contributed by atoms with E-state index in [2.05, 4.69) is 5.32 Å². The number of aliphatic hydroxyl groups excluding tert-OH is 1. The first-order chi connectivity index (χ1) is 16.6. The fraction of sp³-hybridized carbons (Fsp3) is 0.630. The molecule has 35 heavy (non-hydrogen) atoms. The van der Waals surface area contributed by atoms with Gasteiger partial charge in [0.1, 0.15) is 18.0 Å². The number of hydrogen-bond donors (Lipinski definition) is 2. The van der Waals surface area contributed by atoms with Crippen molar-refractivity contribution in [2.45, 2.75) is 84.0 Å². The van der Waals surface area contributed by atoms with Gasteiger partial charge >= 0.3 is 5.97 Å². The van der Waals surface area contributed by atoms with Crippen molar-refractivity contribution < 1.29 is 33.8 Å². The molecular formula is C27H39NO7. The number of allylic oxidation sites excluding steroid dienone is 3. The molecule has 0 aromatic carbocycles. The summed E-state index contributed by atoms with van der Waals surface area (Å²) in [6, 6.07) is 0. The van der Waals surface area contributed by atoms with E-state index in [-0.39, 0.29) is 23.5 Å². The van der Waals surface area contributed by atoms with Crippen LogP contribution in [0.15, 0.2) is 36.0 Å². The molecule has 0 unspecified atom stereocenters. The van der Waals surface area contributed by atoms with Crippen LogP contribution in [0.5, 0.6) is 0 Å². The number of ether oxygens (including phenoxy) is 2. The van der Waals surface area contributed by atoms with Gasteiger partial charge in [-0.15, -0.1) is 0 Å². The summed E-state index contributed by atoms with van der Waals surface area (Å²) in [6.45, 7) is 5.39. The number of rotatable bonds is 8. The molecule has 2 amide bonds. The normalized spacial score (nSPS) is 29.9. The van der Waals surface area contributed by atoms with Crippen molar-refractivity contribution in [1.29, 1.82) is 0 Å². The summed E-state index contributed by atoms with van der Waals surface area (Å²) < 4.78 is 11.2. The van der Waals surface area contributed by atoms with E-state index < -0.39 is 36.1 Å². The van der Waals surface area contributed by atoms with E-state index in [0.717, 1.165) is 6.42 Å². The Hall–Kier alpha value is -2.58. The number of hydrogen-bond acceptors (Lipinski definition) is 7. The fourth-order valence-electron chi connectivity index (χ4n) is 4.62. The quantitative estimate of drug-likeness (QED) is 0.305. The first-order valence-corrected chi connectivity index (χ1v) is 12.4. The van der Waals surface area contributed by atoms with Crippen LogP contribution in [0.3, 0.4) is 0 Å². The van der Waals surface area contributed by atoms with Gasteiger partial charge in [-0.2, -0.15) is 0 Å². The number of esters is 1. The molecule has 0 saturated carbocycles. The Bertz CT molecular complexity index is 844. The zero-order chi connectivity index (χ0) is 26.0. The SMILES string of the molecule is CO[C@H]1/C=C/CC/C=C/C(=O)O[C@@H](/C(C)=C/[C@H](C)C(=O)CCCC2CC(=O)NC(=O)C2)[C@@H](C)[C@@H]1O. The molecule has 0 spiro atoms. The number of piperidine rings is 1. The molecule has 5 atom stereocenters. The lowest BCUT2D eigenvalue weighted by Crippen LogP contribution is -2.41. The van der Waals surface area contributed by atoms with Crippen molar-refractivity contribution >= 4 is 23.6 Å².